The number of rotatable bonds is 1. The van der Waals surface area contributed by atoms with Gasteiger partial charge in [0, 0.05) is 12.7 Å². The molecular weight excluding hydrogens is 120 g/mol. The molecule has 0 aliphatic carbocycles. The van der Waals surface area contributed by atoms with E-state index in [4.69, 9.17) is 4.42 Å². The lowest BCUT2D eigenvalue weighted by Gasteiger charge is -1.73. The molecule has 0 N–H and O–H groups in total. The van der Waals surface area contributed by atoms with Gasteiger partial charge in [0.25, 0.3) is 6.61 Å². The minimum absolute atomic E-state index is 0.836. The first-order valence-electron chi connectivity index (χ1n) is 3.05. The Kier molecular flexibility index (Phi) is 2.40. The highest BCUT2D eigenvalue weighted by Gasteiger charge is 2.18. The van der Waals surface area contributed by atoms with Crippen LogP contribution in [0.2, 0.25) is 0 Å². The van der Waals surface area contributed by atoms with Crippen molar-refractivity contribution in [1.29, 1.82) is 0 Å². The first kappa shape index (κ1) is 6.14. The molecule has 0 amide bonds. The van der Waals surface area contributed by atoms with Gasteiger partial charge in [-0.15, -0.1) is 0 Å². The highest BCUT2D eigenvalue weighted by atomic mass is 32.2. The van der Waals surface area contributed by atoms with Gasteiger partial charge in [0.15, 0.2) is 0 Å². The average Bonchev–Trinajstić information content (AvgIpc) is 2.19. The summed E-state index contributed by atoms with van der Waals surface area (Å²) >= 11 is 1.86. The molecule has 2 heteroatoms. The van der Waals surface area contributed by atoms with E-state index in [-0.39, 0.29) is 0 Å². The van der Waals surface area contributed by atoms with Gasteiger partial charge in [0.1, 0.15) is 0 Å². The Hall–Kier alpha value is 0.0200. The number of carbonyl (C=O) groups excluding carboxylic acids is 1. The van der Waals surface area contributed by atoms with Crippen molar-refractivity contribution >= 4 is 16.9 Å². The van der Waals surface area contributed by atoms with E-state index < -0.39 is 0 Å². The van der Waals surface area contributed by atoms with E-state index in [9.17, 15) is 0 Å². The third-order valence-electron chi connectivity index (χ3n) is 1.09. The van der Waals surface area contributed by atoms with E-state index in [1.807, 2.05) is 18.7 Å². The van der Waals surface area contributed by atoms with Crippen molar-refractivity contribution in [2.24, 2.45) is 0 Å². The molecule has 1 aliphatic rings. The van der Waals surface area contributed by atoms with Gasteiger partial charge >= 0.3 is 5.12 Å². The van der Waals surface area contributed by atoms with Crippen molar-refractivity contribution in [3.8, 4) is 0 Å². The molecule has 1 aliphatic heterocycles. The monoisotopic (exact) mass is 131 g/mol. The third-order valence-corrected chi connectivity index (χ3v) is 2.23. The summed E-state index contributed by atoms with van der Waals surface area (Å²) < 4.78 is 5.28. The van der Waals surface area contributed by atoms with Crippen LogP contribution < -0.4 is 0 Å². The van der Waals surface area contributed by atoms with Gasteiger partial charge in [-0.05, 0) is 18.2 Å². The van der Waals surface area contributed by atoms with Crippen molar-refractivity contribution in [3.63, 3.8) is 0 Å². The van der Waals surface area contributed by atoms with E-state index in [2.05, 4.69) is 0 Å². The second-order valence-corrected chi connectivity index (χ2v) is 2.91. The molecule has 46 valence electrons. The summed E-state index contributed by atoms with van der Waals surface area (Å²) in [6, 6.07) is 0. The van der Waals surface area contributed by atoms with Crippen LogP contribution in [0.1, 0.15) is 19.8 Å². The van der Waals surface area contributed by atoms with E-state index in [1.165, 1.54) is 23.7 Å². The van der Waals surface area contributed by atoms with E-state index >= 15 is 0 Å². The average molecular weight is 131 g/mol. The summed E-state index contributed by atoms with van der Waals surface area (Å²) in [5, 5.41) is 1.24. The SMILES string of the molecule is CC[O+]=C1CCCS1. The molecule has 0 unspecified atom stereocenters. The minimum Gasteiger partial charge on any atom is -0.253 e. The molecule has 0 spiro atoms. The quantitative estimate of drug-likeness (QED) is 0.492. The van der Waals surface area contributed by atoms with Crippen molar-refractivity contribution in [3.05, 3.63) is 0 Å². The molecule has 0 bridgehead atoms. The van der Waals surface area contributed by atoms with Crippen molar-refractivity contribution < 1.29 is 4.42 Å². The Morgan fingerprint density at radius 2 is 2.62 bits per heavy atom. The highest BCUT2D eigenvalue weighted by Crippen LogP contribution is 2.18. The second-order valence-electron chi connectivity index (χ2n) is 1.76. The molecule has 1 nitrogen and oxygen atoms in total. The maximum Gasteiger partial charge on any atom is 0.354 e. The zero-order valence-corrected chi connectivity index (χ0v) is 5.96. The molecule has 1 heterocycles. The largest absolute Gasteiger partial charge is 0.354 e. The predicted octanol–water partition coefficient (Wildman–Crippen LogP) is 1.60. The van der Waals surface area contributed by atoms with Crippen LogP contribution in [-0.2, 0) is 4.42 Å². The van der Waals surface area contributed by atoms with Gasteiger partial charge < -0.3 is 0 Å². The topological polar surface area (TPSA) is 11.3 Å². The highest BCUT2D eigenvalue weighted by molar-refractivity contribution is 8.14. The Morgan fingerprint density at radius 1 is 1.75 bits per heavy atom. The van der Waals surface area contributed by atoms with Crippen molar-refractivity contribution in [2.75, 3.05) is 12.4 Å². The Balaban J connectivity index is 2.33. The van der Waals surface area contributed by atoms with Crippen LogP contribution in [0.4, 0.5) is 0 Å². The molecule has 1 saturated heterocycles. The fourth-order valence-corrected chi connectivity index (χ4v) is 1.76. The Morgan fingerprint density at radius 3 is 3.12 bits per heavy atom. The van der Waals surface area contributed by atoms with Crippen molar-refractivity contribution in [1.82, 2.24) is 0 Å². The van der Waals surface area contributed by atoms with Crippen LogP contribution >= 0.6 is 11.8 Å². The zero-order valence-electron chi connectivity index (χ0n) is 5.14. The number of thioether (sulfide) groups is 1. The summed E-state index contributed by atoms with van der Waals surface area (Å²) in [5.74, 6) is 1.26. The smallest absolute Gasteiger partial charge is 0.253 e. The predicted molar refractivity (Wildman–Crippen MR) is 37.2 cm³/mol. The number of hydrogen-bond acceptors (Lipinski definition) is 1. The Bertz CT molecular complexity index is 90.7. The first-order chi connectivity index (χ1) is 3.93. The second kappa shape index (κ2) is 3.13. The lowest BCUT2D eigenvalue weighted by Crippen LogP contribution is -1.89. The van der Waals surface area contributed by atoms with Crippen molar-refractivity contribution in [2.45, 2.75) is 19.8 Å². The summed E-state index contributed by atoms with van der Waals surface area (Å²) in [7, 11) is 0. The molecule has 0 radical (unpaired) electrons. The fraction of sp³-hybridized carbons (Fsp3) is 0.833. The van der Waals surface area contributed by atoms with Crippen LogP contribution in [0.15, 0.2) is 0 Å². The molecule has 0 aromatic heterocycles. The maximum atomic E-state index is 5.28. The van der Waals surface area contributed by atoms with Crippen LogP contribution in [0.3, 0.4) is 0 Å². The maximum absolute atomic E-state index is 5.28. The first-order valence-corrected chi connectivity index (χ1v) is 4.03. The Labute approximate surface area is 54.2 Å². The number of hydrogen-bond donors (Lipinski definition) is 0. The van der Waals surface area contributed by atoms with Gasteiger partial charge in [-0.1, -0.05) is 0 Å². The van der Waals surface area contributed by atoms with Gasteiger partial charge in [0.05, 0.1) is 6.42 Å². The van der Waals surface area contributed by atoms with Crippen LogP contribution in [0.5, 0.6) is 0 Å². The standard InChI is InChI=1S/C6H11OS/c1-2-7-6-4-3-5-8-6/h2-5H2,1H3/q+1. The van der Waals surface area contributed by atoms with E-state index in [1.54, 1.807) is 0 Å². The molecule has 8 heavy (non-hydrogen) atoms. The zero-order chi connectivity index (χ0) is 5.82. The molecule has 0 saturated carbocycles. The molecule has 0 aromatic rings. The minimum atomic E-state index is 0.836. The molecule has 0 aromatic carbocycles. The lowest BCUT2D eigenvalue weighted by molar-refractivity contribution is -0.450. The summed E-state index contributed by atoms with van der Waals surface area (Å²) in [4.78, 5) is 0. The van der Waals surface area contributed by atoms with E-state index in [0.717, 1.165) is 6.61 Å². The van der Waals surface area contributed by atoms with Gasteiger partial charge in [0.2, 0.25) is 0 Å². The summed E-state index contributed by atoms with van der Waals surface area (Å²) in [6.07, 6.45) is 2.48. The summed E-state index contributed by atoms with van der Waals surface area (Å²) in [6.45, 7) is 2.87. The molecule has 0 atom stereocenters. The molecule has 1 fully saturated rings. The summed E-state index contributed by atoms with van der Waals surface area (Å²) in [5.41, 5.74) is 0. The molecular formula is C6H11OS+. The normalized spacial score (nSPS) is 24.9. The van der Waals surface area contributed by atoms with Gasteiger partial charge in [-0.25, -0.2) is 0 Å². The van der Waals surface area contributed by atoms with Crippen LogP contribution in [-0.4, -0.2) is 17.5 Å². The van der Waals surface area contributed by atoms with Gasteiger partial charge in [-0.3, -0.25) is 4.42 Å². The molecule has 1 rings (SSSR count). The van der Waals surface area contributed by atoms with Crippen LogP contribution in [0, 0.1) is 0 Å². The third kappa shape index (κ3) is 1.51. The van der Waals surface area contributed by atoms with Crippen LogP contribution in [0.25, 0.3) is 0 Å². The van der Waals surface area contributed by atoms with Gasteiger partial charge in [-0.2, -0.15) is 0 Å². The van der Waals surface area contributed by atoms with E-state index in [0.29, 0.717) is 0 Å². The fourth-order valence-electron chi connectivity index (χ4n) is 0.750. The lowest BCUT2D eigenvalue weighted by atomic mass is 10.4.